The predicted molar refractivity (Wildman–Crippen MR) is 242 cm³/mol. The summed E-state index contributed by atoms with van der Waals surface area (Å²) < 4.78 is 0. The highest BCUT2D eigenvalue weighted by molar-refractivity contribution is 6.98. The van der Waals surface area contributed by atoms with Gasteiger partial charge in [0.2, 0.25) is 6.71 Å². The molecule has 0 aromatic heterocycles. The Bertz CT molecular complexity index is 3060. The van der Waals surface area contributed by atoms with Crippen molar-refractivity contribution in [1.29, 1.82) is 0 Å². The Hall–Kier alpha value is -6.18. The topological polar surface area (TPSA) is 0 Å². The third kappa shape index (κ3) is 5.36. The summed E-state index contributed by atoms with van der Waals surface area (Å²) in [5.74, 6) is 0. The van der Waals surface area contributed by atoms with E-state index in [1.54, 1.807) is 0 Å². The third-order valence-corrected chi connectivity index (χ3v) is 12.3. The Kier molecular flexibility index (Phi) is 7.72. The summed E-state index contributed by atoms with van der Waals surface area (Å²) in [7, 11) is 0. The number of hydrogen-bond acceptors (Lipinski definition) is 0. The van der Waals surface area contributed by atoms with Gasteiger partial charge in [-0.15, -0.1) is 0 Å². The second-order valence-electron chi connectivity index (χ2n) is 16.1. The molecule has 10 aromatic rings. The van der Waals surface area contributed by atoms with Gasteiger partial charge < -0.3 is 0 Å². The largest absolute Gasteiger partial charge is 0.243 e. The lowest BCUT2D eigenvalue weighted by molar-refractivity contribution is 1.34. The van der Waals surface area contributed by atoms with Crippen LogP contribution in [0.5, 0.6) is 0 Å². The van der Waals surface area contributed by atoms with E-state index < -0.39 is 0 Å². The van der Waals surface area contributed by atoms with Crippen LogP contribution in [-0.2, 0) is 0 Å². The van der Waals surface area contributed by atoms with Crippen molar-refractivity contribution in [3.63, 3.8) is 0 Å². The van der Waals surface area contributed by atoms with E-state index in [0.717, 1.165) is 0 Å². The minimum Gasteiger partial charge on any atom is -0.0629 e. The average Bonchev–Trinajstić information content (AvgIpc) is 3.18. The lowest BCUT2D eigenvalue weighted by Crippen LogP contribution is -2.56. The van der Waals surface area contributed by atoms with Crippen LogP contribution in [0.25, 0.3) is 76.1 Å². The zero-order valence-electron chi connectivity index (χ0n) is 32.5. The molecule has 0 N–H and O–H groups in total. The normalized spacial score (nSPS) is 11.8. The molecule has 1 heteroatoms. The SMILES string of the molecule is Cc1cc(C)c(B(c2c(C)cc(C)cc2C)c2cc(-c3ccc4ccccc4c3)c3ccc4ccc(-c5ccc6ccccc6c5)c5ccc2c3c45)c(C)c1. The van der Waals surface area contributed by atoms with Gasteiger partial charge in [0, 0.05) is 0 Å². The molecule has 0 atom stereocenters. The van der Waals surface area contributed by atoms with E-state index in [9.17, 15) is 0 Å². The molecule has 10 aromatic carbocycles. The van der Waals surface area contributed by atoms with Crippen LogP contribution in [0.4, 0.5) is 0 Å². The predicted octanol–water partition coefficient (Wildman–Crippen LogP) is 12.6. The minimum atomic E-state index is 0.0462. The highest BCUT2D eigenvalue weighted by Gasteiger charge is 2.31. The molecule has 0 amide bonds. The molecular weight excluding hydrogens is 659 g/mol. The molecule has 0 radical (unpaired) electrons. The van der Waals surface area contributed by atoms with E-state index in [1.165, 1.54) is 126 Å². The molecule has 0 aliphatic heterocycles. The van der Waals surface area contributed by atoms with Crippen LogP contribution >= 0.6 is 0 Å². The second kappa shape index (κ2) is 12.7. The number of aryl methyl sites for hydroxylation is 6. The molecule has 0 heterocycles. The molecule has 0 spiro atoms. The Balaban J connectivity index is 1.36. The smallest absolute Gasteiger partial charge is 0.0629 e. The summed E-state index contributed by atoms with van der Waals surface area (Å²) in [6.07, 6.45) is 0. The Morgan fingerprint density at radius 1 is 0.327 bits per heavy atom. The summed E-state index contributed by atoms with van der Waals surface area (Å²) in [6, 6.07) is 57.7. The zero-order chi connectivity index (χ0) is 37.5. The van der Waals surface area contributed by atoms with E-state index in [0.29, 0.717) is 0 Å². The van der Waals surface area contributed by atoms with E-state index in [-0.39, 0.29) is 6.71 Å². The van der Waals surface area contributed by atoms with Crippen molar-refractivity contribution in [1.82, 2.24) is 0 Å². The molecule has 0 unspecified atom stereocenters. The second-order valence-corrected chi connectivity index (χ2v) is 16.1. The molecule has 0 aliphatic rings. The standard InChI is InChI=1S/C54H43B/c1-32-25-34(3)53(35(4)26-32)55(54-36(5)27-33(2)28-37(54)6)50-31-49(44-18-16-39-12-8-10-14-42(39)30-44)47-22-20-40-19-21-45(46-23-24-48(50)52(47)51(40)46)43-17-15-38-11-7-9-13-41(38)29-43/h7-31H,1-6H3. The van der Waals surface area contributed by atoms with Crippen LogP contribution in [0.15, 0.2) is 152 Å². The summed E-state index contributed by atoms with van der Waals surface area (Å²) in [5.41, 5.74) is 17.3. The summed E-state index contributed by atoms with van der Waals surface area (Å²) >= 11 is 0. The minimum absolute atomic E-state index is 0.0462. The number of hydrogen-bond donors (Lipinski definition) is 0. The monoisotopic (exact) mass is 702 g/mol. The fourth-order valence-corrected chi connectivity index (χ4v) is 10.1. The third-order valence-electron chi connectivity index (χ3n) is 12.3. The maximum absolute atomic E-state index is 2.55. The van der Waals surface area contributed by atoms with Crippen LogP contribution in [-0.4, -0.2) is 6.71 Å². The van der Waals surface area contributed by atoms with E-state index in [4.69, 9.17) is 0 Å². The average molecular weight is 703 g/mol. The van der Waals surface area contributed by atoms with E-state index >= 15 is 0 Å². The van der Waals surface area contributed by atoms with Crippen LogP contribution in [0.1, 0.15) is 33.4 Å². The molecular formula is C54H43B. The van der Waals surface area contributed by atoms with Crippen molar-refractivity contribution in [3.8, 4) is 22.3 Å². The van der Waals surface area contributed by atoms with Crippen molar-refractivity contribution in [2.24, 2.45) is 0 Å². The first-order valence-corrected chi connectivity index (χ1v) is 19.6. The fourth-order valence-electron chi connectivity index (χ4n) is 10.1. The first kappa shape index (κ1) is 33.4. The van der Waals surface area contributed by atoms with Crippen LogP contribution < -0.4 is 16.4 Å². The Morgan fingerprint density at radius 2 is 0.764 bits per heavy atom. The number of benzene rings is 10. The molecule has 0 nitrogen and oxygen atoms in total. The van der Waals surface area contributed by atoms with Crippen molar-refractivity contribution in [2.45, 2.75) is 41.5 Å². The summed E-state index contributed by atoms with van der Waals surface area (Å²) in [4.78, 5) is 0. The zero-order valence-corrected chi connectivity index (χ0v) is 32.5. The van der Waals surface area contributed by atoms with Crippen LogP contribution in [0, 0.1) is 41.5 Å². The molecule has 262 valence electrons. The summed E-state index contributed by atoms with van der Waals surface area (Å²) in [6.45, 7) is 13.8. The lowest BCUT2D eigenvalue weighted by atomic mass is 9.33. The van der Waals surface area contributed by atoms with Crippen molar-refractivity contribution in [2.75, 3.05) is 0 Å². The van der Waals surface area contributed by atoms with Gasteiger partial charge in [0.15, 0.2) is 0 Å². The quantitative estimate of drug-likeness (QED) is 0.124. The Morgan fingerprint density at radius 3 is 1.33 bits per heavy atom. The molecule has 0 saturated carbocycles. The maximum Gasteiger partial charge on any atom is 0.243 e. The van der Waals surface area contributed by atoms with Gasteiger partial charge in [-0.2, -0.15) is 0 Å². The molecule has 0 saturated heterocycles. The van der Waals surface area contributed by atoms with Crippen molar-refractivity contribution >= 4 is 77.0 Å². The van der Waals surface area contributed by atoms with Gasteiger partial charge in [-0.25, -0.2) is 0 Å². The lowest BCUT2D eigenvalue weighted by Gasteiger charge is -2.27. The number of fused-ring (bicyclic) bond motifs is 2. The van der Waals surface area contributed by atoms with Crippen LogP contribution in [0.3, 0.4) is 0 Å². The molecule has 0 aliphatic carbocycles. The highest BCUT2D eigenvalue weighted by Crippen LogP contribution is 2.43. The molecule has 55 heavy (non-hydrogen) atoms. The first-order valence-electron chi connectivity index (χ1n) is 19.6. The first-order chi connectivity index (χ1) is 26.7. The van der Waals surface area contributed by atoms with Crippen LogP contribution in [0.2, 0.25) is 0 Å². The van der Waals surface area contributed by atoms with Gasteiger partial charge >= 0.3 is 0 Å². The van der Waals surface area contributed by atoms with E-state index in [2.05, 4.69) is 193 Å². The van der Waals surface area contributed by atoms with Gasteiger partial charge in [0.1, 0.15) is 0 Å². The van der Waals surface area contributed by atoms with Gasteiger partial charge in [-0.05, 0) is 130 Å². The number of rotatable bonds is 5. The van der Waals surface area contributed by atoms with Gasteiger partial charge in [-0.1, -0.05) is 189 Å². The van der Waals surface area contributed by atoms with Gasteiger partial charge in [0.25, 0.3) is 0 Å². The van der Waals surface area contributed by atoms with Crippen molar-refractivity contribution < 1.29 is 0 Å². The maximum atomic E-state index is 2.55. The summed E-state index contributed by atoms with van der Waals surface area (Å²) in [5, 5.41) is 13.0. The van der Waals surface area contributed by atoms with E-state index in [1.807, 2.05) is 0 Å². The Labute approximate surface area is 324 Å². The highest BCUT2D eigenvalue weighted by atomic mass is 14.2. The molecule has 0 fully saturated rings. The fraction of sp³-hybridized carbons (Fsp3) is 0.111. The van der Waals surface area contributed by atoms with Gasteiger partial charge in [-0.3, -0.25) is 0 Å². The molecule has 0 bridgehead atoms. The van der Waals surface area contributed by atoms with Crippen molar-refractivity contribution in [3.05, 3.63) is 185 Å². The van der Waals surface area contributed by atoms with Gasteiger partial charge in [0.05, 0.1) is 0 Å². The molecule has 10 rings (SSSR count).